The number of aromatic nitrogens is 1. The van der Waals surface area contributed by atoms with Crippen LogP contribution in [0, 0.1) is 0 Å². The molecule has 0 unspecified atom stereocenters. The molecule has 1 aliphatic heterocycles. The molecular formula is C21H18Cl4N4O2S. The normalized spacial score (nSPS) is 15.9. The summed E-state index contributed by atoms with van der Waals surface area (Å²) in [5.74, 6) is 0. The summed E-state index contributed by atoms with van der Waals surface area (Å²) in [7, 11) is -3.70. The van der Waals surface area contributed by atoms with E-state index in [9.17, 15) is 8.42 Å². The minimum absolute atomic E-state index is 0. The summed E-state index contributed by atoms with van der Waals surface area (Å²) >= 11 is 18.5. The highest BCUT2D eigenvalue weighted by molar-refractivity contribution is 7.89. The van der Waals surface area contributed by atoms with Crippen molar-refractivity contribution >= 4 is 68.6 Å². The van der Waals surface area contributed by atoms with Gasteiger partial charge in [-0.15, -0.1) is 12.4 Å². The zero-order chi connectivity index (χ0) is 22.0. The van der Waals surface area contributed by atoms with Gasteiger partial charge in [-0.05, 0) is 48.0 Å². The first-order valence-electron chi connectivity index (χ1n) is 9.29. The van der Waals surface area contributed by atoms with Crippen LogP contribution in [-0.4, -0.2) is 25.7 Å². The highest BCUT2D eigenvalue weighted by atomic mass is 35.5. The second-order valence-corrected chi connectivity index (χ2v) is 9.94. The molecule has 2 aromatic carbocycles. The molecule has 0 radical (unpaired) electrons. The molecular weight excluding hydrogens is 514 g/mol. The van der Waals surface area contributed by atoms with Crippen LogP contribution in [0.1, 0.15) is 18.0 Å². The lowest BCUT2D eigenvalue weighted by molar-refractivity contribution is 0.585. The van der Waals surface area contributed by atoms with Gasteiger partial charge in [0.1, 0.15) is 4.90 Å². The number of benzene rings is 2. The smallest absolute Gasteiger partial charge is 0.242 e. The van der Waals surface area contributed by atoms with E-state index in [2.05, 4.69) is 14.8 Å². The molecule has 0 spiro atoms. The number of nitrogens with one attached hydrogen (secondary N) is 1. The van der Waals surface area contributed by atoms with Crippen LogP contribution in [0.15, 0.2) is 77.0 Å². The van der Waals surface area contributed by atoms with Crippen LogP contribution in [0.4, 0.5) is 5.69 Å². The lowest BCUT2D eigenvalue weighted by Gasteiger charge is -2.25. The van der Waals surface area contributed by atoms with E-state index in [-0.39, 0.29) is 29.9 Å². The molecule has 168 valence electrons. The van der Waals surface area contributed by atoms with Crippen molar-refractivity contribution in [2.75, 3.05) is 11.6 Å². The summed E-state index contributed by atoms with van der Waals surface area (Å²) < 4.78 is 27.7. The quantitative estimate of drug-likeness (QED) is 0.439. The number of pyridine rings is 1. The number of sulfonamides is 1. The van der Waals surface area contributed by atoms with Crippen molar-refractivity contribution in [3.63, 3.8) is 0 Å². The van der Waals surface area contributed by atoms with Crippen LogP contribution in [0.5, 0.6) is 0 Å². The van der Waals surface area contributed by atoms with Gasteiger partial charge in [-0.1, -0.05) is 46.9 Å². The Morgan fingerprint density at radius 2 is 1.75 bits per heavy atom. The van der Waals surface area contributed by atoms with Crippen molar-refractivity contribution in [2.45, 2.75) is 17.4 Å². The van der Waals surface area contributed by atoms with E-state index in [1.165, 1.54) is 18.5 Å². The maximum Gasteiger partial charge on any atom is 0.242 e. The molecule has 1 atom stereocenters. The van der Waals surface area contributed by atoms with E-state index in [0.717, 1.165) is 5.56 Å². The SMILES string of the molecule is Cl.O=S(=O)(NCC1=NN(c2ccc(Cl)cc2Cl)[C@H](c2ccc(Cl)cc2)C1)c1cccnc1. The van der Waals surface area contributed by atoms with E-state index in [1.807, 2.05) is 24.3 Å². The second-order valence-electron chi connectivity index (χ2n) is 6.89. The molecule has 6 nitrogen and oxygen atoms in total. The van der Waals surface area contributed by atoms with E-state index in [4.69, 9.17) is 34.8 Å². The van der Waals surface area contributed by atoms with Crippen LogP contribution in [0.25, 0.3) is 0 Å². The van der Waals surface area contributed by atoms with Gasteiger partial charge in [0.15, 0.2) is 0 Å². The van der Waals surface area contributed by atoms with Gasteiger partial charge >= 0.3 is 0 Å². The maximum atomic E-state index is 12.6. The first-order valence-corrected chi connectivity index (χ1v) is 11.9. The Balaban J connectivity index is 0.00000289. The average Bonchev–Trinajstić information content (AvgIpc) is 3.17. The van der Waals surface area contributed by atoms with Gasteiger partial charge in [0.25, 0.3) is 0 Å². The van der Waals surface area contributed by atoms with Crippen molar-refractivity contribution in [2.24, 2.45) is 5.10 Å². The molecule has 3 aromatic rings. The number of nitrogens with zero attached hydrogens (tertiary/aromatic N) is 3. The maximum absolute atomic E-state index is 12.6. The monoisotopic (exact) mass is 530 g/mol. The number of rotatable bonds is 6. The fraction of sp³-hybridized carbons (Fsp3) is 0.143. The molecule has 32 heavy (non-hydrogen) atoms. The van der Waals surface area contributed by atoms with Gasteiger partial charge in [0.2, 0.25) is 10.0 Å². The first-order chi connectivity index (χ1) is 14.8. The van der Waals surface area contributed by atoms with Gasteiger partial charge in [-0.25, -0.2) is 13.1 Å². The Labute approximate surface area is 207 Å². The largest absolute Gasteiger partial charge is 0.263 e. The third kappa shape index (κ3) is 5.54. The molecule has 0 amide bonds. The minimum Gasteiger partial charge on any atom is -0.263 e. The Kier molecular flexibility index (Phi) is 8.03. The molecule has 2 heterocycles. The van der Waals surface area contributed by atoms with Crippen molar-refractivity contribution in [1.29, 1.82) is 0 Å². The molecule has 1 aromatic heterocycles. The Hall–Kier alpha value is -1.87. The zero-order valence-electron chi connectivity index (χ0n) is 16.5. The highest BCUT2D eigenvalue weighted by Gasteiger charge is 2.31. The molecule has 0 bridgehead atoms. The first kappa shape index (κ1) is 24.8. The number of hydrogen-bond acceptors (Lipinski definition) is 5. The summed E-state index contributed by atoms with van der Waals surface area (Å²) in [6.07, 6.45) is 3.33. The van der Waals surface area contributed by atoms with Crippen LogP contribution >= 0.6 is 47.2 Å². The highest BCUT2D eigenvalue weighted by Crippen LogP contribution is 2.39. The summed E-state index contributed by atoms with van der Waals surface area (Å²) in [5.41, 5.74) is 2.32. The molecule has 0 saturated carbocycles. The van der Waals surface area contributed by atoms with Crippen molar-refractivity contribution < 1.29 is 8.42 Å². The number of anilines is 1. The van der Waals surface area contributed by atoms with Crippen LogP contribution in [0.2, 0.25) is 15.1 Å². The fourth-order valence-electron chi connectivity index (χ4n) is 3.28. The molecule has 0 aliphatic carbocycles. The Morgan fingerprint density at radius 1 is 1.03 bits per heavy atom. The van der Waals surface area contributed by atoms with Gasteiger partial charge in [0, 0.05) is 28.9 Å². The predicted molar refractivity (Wildman–Crippen MR) is 132 cm³/mol. The molecule has 1 N–H and O–H groups in total. The van der Waals surface area contributed by atoms with Gasteiger partial charge in [0.05, 0.1) is 29.0 Å². The van der Waals surface area contributed by atoms with Gasteiger partial charge in [-0.3, -0.25) is 9.99 Å². The summed E-state index contributed by atoms with van der Waals surface area (Å²) in [6.45, 7) is 0.0586. The lowest BCUT2D eigenvalue weighted by Crippen LogP contribution is -2.29. The topological polar surface area (TPSA) is 74.7 Å². The fourth-order valence-corrected chi connectivity index (χ4v) is 4.88. The molecule has 1 aliphatic rings. The molecule has 0 fully saturated rings. The Morgan fingerprint density at radius 3 is 2.41 bits per heavy atom. The number of hydrogen-bond donors (Lipinski definition) is 1. The average molecular weight is 532 g/mol. The standard InChI is InChI=1S/C21H17Cl3N4O2S.ClH/c22-15-5-3-14(4-6-15)21-11-17(12-26-31(29,30)18-2-1-9-25-13-18)27-28(21)20-8-7-16(23)10-19(20)24;/h1-10,13,21,26H,11-12H2;1H/t21-;/m0./s1. The molecule has 4 rings (SSSR count). The molecule has 11 heteroatoms. The van der Waals surface area contributed by atoms with E-state index < -0.39 is 10.0 Å². The number of hydrazone groups is 1. The summed E-state index contributed by atoms with van der Waals surface area (Å²) in [5, 5.41) is 8.06. The minimum atomic E-state index is -3.70. The second kappa shape index (κ2) is 10.4. The van der Waals surface area contributed by atoms with Gasteiger partial charge in [-0.2, -0.15) is 5.10 Å². The Bertz CT molecular complexity index is 1220. The zero-order valence-corrected chi connectivity index (χ0v) is 20.4. The van der Waals surface area contributed by atoms with E-state index in [0.29, 0.717) is 32.9 Å². The van der Waals surface area contributed by atoms with Crippen LogP contribution in [0.3, 0.4) is 0 Å². The van der Waals surface area contributed by atoms with Crippen molar-refractivity contribution in [1.82, 2.24) is 9.71 Å². The van der Waals surface area contributed by atoms with Crippen LogP contribution < -0.4 is 9.73 Å². The molecule has 0 saturated heterocycles. The predicted octanol–water partition coefficient (Wildman–Crippen LogP) is 5.75. The lowest BCUT2D eigenvalue weighted by atomic mass is 10.0. The number of halogens is 4. The third-order valence-corrected chi connectivity index (χ3v) is 6.97. The van der Waals surface area contributed by atoms with Crippen LogP contribution in [-0.2, 0) is 10.0 Å². The van der Waals surface area contributed by atoms with Gasteiger partial charge < -0.3 is 0 Å². The van der Waals surface area contributed by atoms with E-state index >= 15 is 0 Å². The summed E-state index contributed by atoms with van der Waals surface area (Å²) in [4.78, 5) is 3.96. The van der Waals surface area contributed by atoms with Crippen molar-refractivity contribution in [3.8, 4) is 0 Å². The summed E-state index contributed by atoms with van der Waals surface area (Å²) in [6, 6.07) is 15.5. The van der Waals surface area contributed by atoms with Crippen molar-refractivity contribution in [3.05, 3.63) is 87.6 Å². The third-order valence-electron chi connectivity index (χ3n) is 4.80. The van der Waals surface area contributed by atoms with E-state index in [1.54, 1.807) is 29.3 Å².